The summed E-state index contributed by atoms with van der Waals surface area (Å²) < 4.78 is 6.91. The zero-order valence-electron chi connectivity index (χ0n) is 13.9. The van der Waals surface area contributed by atoms with Crippen LogP contribution in [-0.4, -0.2) is 32.3 Å². The standard InChI is InChI=1S/C18H15N5OS2/c1-24-15-9-7-14(8-10-15)23-18(20-21-22-23)25-12-16-11-19-17(26-16)13-5-3-2-4-6-13/h2-11H,12H2,1H3. The van der Waals surface area contributed by atoms with E-state index in [-0.39, 0.29) is 0 Å². The monoisotopic (exact) mass is 381 g/mol. The number of hydrogen-bond acceptors (Lipinski definition) is 7. The Hall–Kier alpha value is -2.71. The summed E-state index contributed by atoms with van der Waals surface area (Å²) in [6, 6.07) is 17.8. The van der Waals surface area contributed by atoms with E-state index >= 15 is 0 Å². The molecule has 0 N–H and O–H groups in total. The first kappa shape index (κ1) is 16.7. The highest BCUT2D eigenvalue weighted by Crippen LogP contribution is 2.30. The molecule has 4 rings (SSSR count). The minimum atomic E-state index is 0.741. The molecule has 8 heteroatoms. The second-order valence-corrected chi connectivity index (χ2v) is 7.42. The number of benzene rings is 2. The third-order valence-corrected chi connectivity index (χ3v) is 5.87. The SMILES string of the molecule is COc1ccc(-n2nnnc2SCc2cnc(-c3ccccc3)s2)cc1. The number of methoxy groups -OCH3 is 1. The average Bonchev–Trinajstić information content (AvgIpc) is 3.36. The molecule has 2 aromatic heterocycles. The van der Waals surface area contributed by atoms with Crippen LogP contribution in [0, 0.1) is 0 Å². The van der Waals surface area contributed by atoms with Crippen molar-refractivity contribution in [3.05, 3.63) is 65.7 Å². The molecule has 0 radical (unpaired) electrons. The second kappa shape index (κ2) is 7.67. The van der Waals surface area contributed by atoms with Gasteiger partial charge in [-0.3, -0.25) is 0 Å². The Morgan fingerprint density at radius 3 is 2.65 bits per heavy atom. The first-order valence-electron chi connectivity index (χ1n) is 7.89. The van der Waals surface area contributed by atoms with Gasteiger partial charge in [0, 0.05) is 22.4 Å². The van der Waals surface area contributed by atoms with Gasteiger partial charge in [-0.15, -0.1) is 16.4 Å². The number of aromatic nitrogens is 5. The Kier molecular flexibility index (Phi) is 4.94. The molecule has 0 aliphatic rings. The molecule has 130 valence electrons. The van der Waals surface area contributed by atoms with Crippen molar-refractivity contribution in [1.29, 1.82) is 0 Å². The van der Waals surface area contributed by atoms with Gasteiger partial charge in [-0.2, -0.15) is 4.68 Å². The zero-order valence-corrected chi connectivity index (χ0v) is 15.6. The molecule has 0 aliphatic carbocycles. The summed E-state index contributed by atoms with van der Waals surface area (Å²) in [4.78, 5) is 5.70. The van der Waals surface area contributed by atoms with Crippen LogP contribution >= 0.6 is 23.1 Å². The first-order valence-corrected chi connectivity index (χ1v) is 9.69. The molecule has 4 aromatic rings. The fourth-order valence-electron chi connectivity index (χ4n) is 2.38. The van der Waals surface area contributed by atoms with Gasteiger partial charge >= 0.3 is 0 Å². The van der Waals surface area contributed by atoms with E-state index in [0.29, 0.717) is 0 Å². The van der Waals surface area contributed by atoms with Crippen LogP contribution in [0.2, 0.25) is 0 Å². The van der Waals surface area contributed by atoms with Crippen molar-refractivity contribution in [2.24, 2.45) is 0 Å². The Morgan fingerprint density at radius 1 is 1.08 bits per heavy atom. The van der Waals surface area contributed by atoms with Crippen LogP contribution < -0.4 is 4.74 Å². The number of tetrazole rings is 1. The van der Waals surface area contributed by atoms with E-state index in [1.165, 1.54) is 4.88 Å². The van der Waals surface area contributed by atoms with Crippen molar-refractivity contribution in [1.82, 2.24) is 25.2 Å². The van der Waals surface area contributed by atoms with Gasteiger partial charge in [-0.1, -0.05) is 42.1 Å². The van der Waals surface area contributed by atoms with Crippen molar-refractivity contribution < 1.29 is 4.74 Å². The lowest BCUT2D eigenvalue weighted by Crippen LogP contribution is -1.99. The van der Waals surface area contributed by atoms with Crippen LogP contribution in [0.1, 0.15) is 4.88 Å². The number of thiazole rings is 1. The van der Waals surface area contributed by atoms with E-state index < -0.39 is 0 Å². The molecule has 26 heavy (non-hydrogen) atoms. The van der Waals surface area contributed by atoms with Crippen molar-refractivity contribution in [2.45, 2.75) is 10.9 Å². The van der Waals surface area contributed by atoms with Crippen LogP contribution in [0.15, 0.2) is 66.0 Å². The molecular weight excluding hydrogens is 366 g/mol. The van der Waals surface area contributed by atoms with Crippen LogP contribution in [0.3, 0.4) is 0 Å². The summed E-state index contributed by atoms with van der Waals surface area (Å²) in [5.41, 5.74) is 2.03. The molecule has 2 heterocycles. The van der Waals surface area contributed by atoms with Crippen molar-refractivity contribution >= 4 is 23.1 Å². The van der Waals surface area contributed by atoms with Gasteiger partial charge in [-0.05, 0) is 34.7 Å². The van der Waals surface area contributed by atoms with Gasteiger partial charge < -0.3 is 4.74 Å². The van der Waals surface area contributed by atoms with Crippen LogP contribution in [0.5, 0.6) is 5.75 Å². The highest BCUT2D eigenvalue weighted by Gasteiger charge is 2.11. The molecular formula is C18H15N5OS2. The highest BCUT2D eigenvalue weighted by atomic mass is 32.2. The molecule has 0 unspecified atom stereocenters. The number of hydrogen-bond donors (Lipinski definition) is 0. The molecule has 0 aliphatic heterocycles. The maximum Gasteiger partial charge on any atom is 0.214 e. The van der Waals surface area contributed by atoms with Gasteiger partial charge in [0.25, 0.3) is 0 Å². The van der Waals surface area contributed by atoms with Crippen molar-refractivity contribution in [3.63, 3.8) is 0 Å². The molecule has 6 nitrogen and oxygen atoms in total. The summed E-state index contributed by atoms with van der Waals surface area (Å²) in [6.45, 7) is 0. The maximum atomic E-state index is 5.19. The first-order chi connectivity index (χ1) is 12.8. The van der Waals surface area contributed by atoms with Gasteiger partial charge in [0.05, 0.1) is 12.8 Å². The predicted molar refractivity (Wildman–Crippen MR) is 103 cm³/mol. The average molecular weight is 381 g/mol. The van der Waals surface area contributed by atoms with Gasteiger partial charge in [0.2, 0.25) is 5.16 Å². The fraction of sp³-hybridized carbons (Fsp3) is 0.111. The molecule has 0 bridgehead atoms. The smallest absolute Gasteiger partial charge is 0.214 e. The molecule has 2 aromatic carbocycles. The summed E-state index contributed by atoms with van der Waals surface area (Å²) in [5.74, 6) is 1.57. The Bertz CT molecular complexity index is 982. The van der Waals surface area contributed by atoms with Gasteiger partial charge in [0.1, 0.15) is 10.8 Å². The predicted octanol–water partition coefficient (Wildman–Crippen LogP) is 4.09. The van der Waals surface area contributed by atoms with E-state index in [4.69, 9.17) is 4.74 Å². The summed E-state index contributed by atoms with van der Waals surface area (Å²) >= 11 is 3.27. The number of nitrogens with zero attached hydrogens (tertiary/aromatic N) is 5. The third-order valence-electron chi connectivity index (χ3n) is 3.68. The van der Waals surface area contributed by atoms with E-state index in [1.807, 2.05) is 48.7 Å². The maximum absolute atomic E-state index is 5.19. The lowest BCUT2D eigenvalue weighted by Gasteiger charge is -2.05. The van der Waals surface area contributed by atoms with Crippen molar-refractivity contribution in [3.8, 4) is 22.0 Å². The number of ether oxygens (including phenoxy) is 1. The van der Waals surface area contributed by atoms with Crippen LogP contribution in [0.4, 0.5) is 0 Å². The quantitative estimate of drug-likeness (QED) is 0.469. The summed E-state index contributed by atoms with van der Waals surface area (Å²) in [7, 11) is 1.64. The zero-order chi connectivity index (χ0) is 17.8. The third kappa shape index (κ3) is 3.61. The summed E-state index contributed by atoms with van der Waals surface area (Å²) in [6.07, 6.45) is 1.92. The Morgan fingerprint density at radius 2 is 1.88 bits per heavy atom. The Balaban J connectivity index is 1.47. The molecule has 0 amide bonds. The molecule has 0 saturated carbocycles. The van der Waals surface area contributed by atoms with Crippen LogP contribution in [0.25, 0.3) is 16.3 Å². The minimum Gasteiger partial charge on any atom is -0.497 e. The lowest BCUT2D eigenvalue weighted by molar-refractivity contribution is 0.414. The molecule has 0 atom stereocenters. The van der Waals surface area contributed by atoms with Gasteiger partial charge in [0.15, 0.2) is 0 Å². The van der Waals surface area contributed by atoms with E-state index in [1.54, 1.807) is 34.9 Å². The number of thioether (sulfide) groups is 1. The van der Waals surface area contributed by atoms with Gasteiger partial charge in [-0.25, -0.2) is 4.98 Å². The molecule has 0 fully saturated rings. The van der Waals surface area contributed by atoms with E-state index in [0.717, 1.165) is 32.9 Å². The molecule has 0 saturated heterocycles. The summed E-state index contributed by atoms with van der Waals surface area (Å²) in [5, 5.41) is 13.8. The number of rotatable bonds is 6. The highest BCUT2D eigenvalue weighted by molar-refractivity contribution is 7.98. The minimum absolute atomic E-state index is 0.741. The normalized spacial score (nSPS) is 10.8. The van der Waals surface area contributed by atoms with Crippen LogP contribution in [-0.2, 0) is 5.75 Å². The van der Waals surface area contributed by atoms with E-state index in [2.05, 4.69) is 32.6 Å². The lowest BCUT2D eigenvalue weighted by atomic mass is 10.2. The topological polar surface area (TPSA) is 65.7 Å². The largest absolute Gasteiger partial charge is 0.497 e. The fourth-order valence-corrected chi connectivity index (χ4v) is 4.21. The van der Waals surface area contributed by atoms with Crippen molar-refractivity contribution in [2.75, 3.05) is 7.11 Å². The Labute approximate surface area is 158 Å². The molecule has 0 spiro atoms. The second-order valence-electron chi connectivity index (χ2n) is 5.36. The van der Waals surface area contributed by atoms with E-state index in [9.17, 15) is 0 Å².